The van der Waals surface area contributed by atoms with Gasteiger partial charge in [-0.3, -0.25) is 5.10 Å². The summed E-state index contributed by atoms with van der Waals surface area (Å²) in [6.07, 6.45) is -2.47. The Labute approximate surface area is 114 Å². The lowest BCUT2D eigenvalue weighted by Gasteiger charge is -2.03. The molecule has 1 heterocycles. The zero-order valence-electron chi connectivity index (χ0n) is 9.18. The van der Waals surface area contributed by atoms with E-state index in [1.165, 1.54) is 0 Å². The van der Waals surface area contributed by atoms with Gasteiger partial charge < -0.3 is 0 Å². The number of alkyl halides is 3. The third-order valence-corrected chi connectivity index (χ3v) is 4.05. The van der Waals surface area contributed by atoms with E-state index in [2.05, 4.69) is 21.0 Å². The largest absolute Gasteiger partial charge is 0.432 e. The van der Waals surface area contributed by atoms with Crippen LogP contribution in [0.5, 0.6) is 0 Å². The molecule has 2 nitrogen and oxygen atoms in total. The van der Waals surface area contributed by atoms with E-state index < -0.39 is 11.9 Å². The molecule has 0 radical (unpaired) electrons. The van der Waals surface area contributed by atoms with Gasteiger partial charge in [0.15, 0.2) is 0 Å². The lowest BCUT2D eigenvalue weighted by molar-refractivity contribution is -0.141. The average Bonchev–Trinajstić information content (AvgIpc) is 2.77. The summed E-state index contributed by atoms with van der Waals surface area (Å²) < 4.78 is 38.1. The van der Waals surface area contributed by atoms with Crippen molar-refractivity contribution in [3.8, 4) is 11.3 Å². The first-order valence-corrected chi connectivity index (χ1v) is 6.90. The van der Waals surface area contributed by atoms with E-state index in [0.29, 0.717) is 5.56 Å². The summed E-state index contributed by atoms with van der Waals surface area (Å²) in [5.74, 6) is 0. The molecule has 0 atom stereocenters. The van der Waals surface area contributed by atoms with Gasteiger partial charge in [-0.15, -0.1) is 11.8 Å². The summed E-state index contributed by atoms with van der Waals surface area (Å²) in [4.78, 5) is 1.02. The number of halogens is 4. The van der Waals surface area contributed by atoms with Crippen molar-refractivity contribution in [2.75, 3.05) is 6.26 Å². The lowest BCUT2D eigenvalue weighted by atomic mass is 10.1. The number of aromatic amines is 1. The highest BCUT2D eigenvalue weighted by atomic mass is 79.9. The zero-order valence-corrected chi connectivity index (χ0v) is 11.6. The van der Waals surface area contributed by atoms with Gasteiger partial charge in [-0.05, 0) is 40.4 Å². The Morgan fingerprint density at radius 2 is 2.00 bits per heavy atom. The van der Waals surface area contributed by atoms with Gasteiger partial charge >= 0.3 is 6.18 Å². The second kappa shape index (κ2) is 4.97. The SMILES string of the molecule is CSc1ccc(-c2cc(C(F)(F)F)[nH]n2)cc1Br. The molecule has 0 bridgehead atoms. The van der Waals surface area contributed by atoms with Gasteiger partial charge in [-0.2, -0.15) is 18.3 Å². The predicted octanol–water partition coefficient (Wildman–Crippen LogP) is 4.58. The Bertz CT molecular complexity index is 566. The number of benzene rings is 1. The van der Waals surface area contributed by atoms with Crippen molar-refractivity contribution in [3.63, 3.8) is 0 Å². The molecule has 1 N–H and O–H groups in total. The van der Waals surface area contributed by atoms with Crippen LogP contribution < -0.4 is 0 Å². The molecule has 96 valence electrons. The fraction of sp³-hybridized carbons (Fsp3) is 0.182. The number of H-pyrrole nitrogens is 1. The van der Waals surface area contributed by atoms with Gasteiger partial charge in [-0.1, -0.05) is 6.07 Å². The Kier molecular flexibility index (Phi) is 3.72. The molecule has 0 saturated heterocycles. The number of nitrogens with zero attached hydrogens (tertiary/aromatic N) is 1. The van der Waals surface area contributed by atoms with Crippen LogP contribution in [0.15, 0.2) is 33.6 Å². The van der Waals surface area contributed by atoms with Crippen molar-refractivity contribution in [2.45, 2.75) is 11.1 Å². The van der Waals surface area contributed by atoms with Crippen molar-refractivity contribution >= 4 is 27.7 Å². The molecule has 0 aliphatic heterocycles. The summed E-state index contributed by atoms with van der Waals surface area (Å²) in [5.41, 5.74) is 0.0599. The first-order valence-electron chi connectivity index (χ1n) is 4.88. The molecule has 2 rings (SSSR count). The lowest BCUT2D eigenvalue weighted by Crippen LogP contribution is -2.04. The van der Waals surface area contributed by atoms with Crippen LogP contribution in [0.2, 0.25) is 0 Å². The Hall–Kier alpha value is -0.950. The van der Waals surface area contributed by atoms with Gasteiger partial charge in [0.25, 0.3) is 0 Å². The van der Waals surface area contributed by atoms with Crippen molar-refractivity contribution in [1.29, 1.82) is 0 Å². The second-order valence-corrected chi connectivity index (χ2v) is 5.22. The Morgan fingerprint density at radius 1 is 1.28 bits per heavy atom. The summed E-state index contributed by atoms with van der Waals surface area (Å²) in [5, 5.41) is 5.67. The molecule has 7 heteroatoms. The summed E-state index contributed by atoms with van der Waals surface area (Å²) >= 11 is 4.92. The number of aromatic nitrogens is 2. The minimum absolute atomic E-state index is 0.274. The van der Waals surface area contributed by atoms with Crippen LogP contribution in [0.1, 0.15) is 5.69 Å². The van der Waals surface area contributed by atoms with Crippen LogP contribution in [0.3, 0.4) is 0 Å². The highest BCUT2D eigenvalue weighted by Crippen LogP contribution is 2.33. The molecule has 0 aliphatic rings. The maximum atomic E-state index is 12.4. The smallest absolute Gasteiger partial charge is 0.273 e. The quantitative estimate of drug-likeness (QED) is 0.813. The first-order chi connectivity index (χ1) is 8.41. The van der Waals surface area contributed by atoms with Crippen LogP contribution in [0.4, 0.5) is 13.2 Å². The molecule has 0 spiro atoms. The predicted molar refractivity (Wildman–Crippen MR) is 68.5 cm³/mol. The van der Waals surface area contributed by atoms with Crippen molar-refractivity contribution in [2.24, 2.45) is 0 Å². The number of rotatable bonds is 2. The van der Waals surface area contributed by atoms with Gasteiger partial charge in [-0.25, -0.2) is 0 Å². The third kappa shape index (κ3) is 2.72. The molecule has 0 saturated carbocycles. The van der Waals surface area contributed by atoms with Crippen molar-refractivity contribution < 1.29 is 13.2 Å². The van der Waals surface area contributed by atoms with Crippen LogP contribution in [-0.2, 0) is 6.18 Å². The standard InChI is InChI=1S/C11H8BrF3N2S/c1-18-9-3-2-6(4-7(9)12)8-5-10(17-16-8)11(13,14)15/h2-5H,1H3,(H,16,17). The summed E-state index contributed by atoms with van der Waals surface area (Å²) in [6, 6.07) is 6.33. The fourth-order valence-electron chi connectivity index (χ4n) is 1.44. The average molecular weight is 337 g/mol. The van der Waals surface area contributed by atoms with E-state index in [0.717, 1.165) is 15.4 Å². The van der Waals surface area contributed by atoms with Gasteiger partial charge in [0, 0.05) is 14.9 Å². The molecular formula is C11H8BrF3N2S. The maximum Gasteiger partial charge on any atom is 0.432 e. The maximum absolute atomic E-state index is 12.4. The van der Waals surface area contributed by atoms with E-state index >= 15 is 0 Å². The third-order valence-electron chi connectivity index (χ3n) is 2.33. The Morgan fingerprint density at radius 3 is 2.50 bits per heavy atom. The molecule has 0 fully saturated rings. The molecule has 1 aromatic carbocycles. The van der Waals surface area contributed by atoms with E-state index in [4.69, 9.17) is 0 Å². The minimum atomic E-state index is -4.40. The van der Waals surface area contributed by atoms with Crippen LogP contribution in [-0.4, -0.2) is 16.5 Å². The molecule has 0 amide bonds. The first kappa shape index (κ1) is 13.5. The molecule has 0 aliphatic carbocycles. The van der Waals surface area contributed by atoms with E-state index in [1.807, 2.05) is 17.4 Å². The molecule has 0 unspecified atom stereocenters. The minimum Gasteiger partial charge on any atom is -0.273 e. The number of hydrogen-bond donors (Lipinski definition) is 1. The molecule has 18 heavy (non-hydrogen) atoms. The topological polar surface area (TPSA) is 28.7 Å². The normalized spacial score (nSPS) is 11.8. The highest BCUT2D eigenvalue weighted by molar-refractivity contribution is 9.10. The number of nitrogens with one attached hydrogen (secondary N) is 1. The van der Waals surface area contributed by atoms with Crippen LogP contribution in [0, 0.1) is 0 Å². The summed E-state index contributed by atoms with van der Waals surface area (Å²) in [7, 11) is 0. The Balaban J connectivity index is 2.38. The molecule has 2 aromatic rings. The van der Waals surface area contributed by atoms with Crippen LogP contribution in [0.25, 0.3) is 11.3 Å². The van der Waals surface area contributed by atoms with E-state index in [9.17, 15) is 13.2 Å². The monoisotopic (exact) mass is 336 g/mol. The molecular weight excluding hydrogens is 329 g/mol. The van der Waals surface area contributed by atoms with E-state index in [-0.39, 0.29) is 5.69 Å². The number of hydrogen-bond acceptors (Lipinski definition) is 2. The van der Waals surface area contributed by atoms with Crippen molar-refractivity contribution in [1.82, 2.24) is 10.2 Å². The van der Waals surface area contributed by atoms with Gasteiger partial charge in [0.1, 0.15) is 5.69 Å². The van der Waals surface area contributed by atoms with Gasteiger partial charge in [0.2, 0.25) is 0 Å². The van der Waals surface area contributed by atoms with Crippen molar-refractivity contribution in [3.05, 3.63) is 34.4 Å². The van der Waals surface area contributed by atoms with Gasteiger partial charge in [0.05, 0.1) is 5.69 Å². The molecule has 1 aromatic heterocycles. The van der Waals surface area contributed by atoms with Crippen LogP contribution >= 0.6 is 27.7 Å². The highest BCUT2D eigenvalue weighted by Gasteiger charge is 2.33. The number of thioether (sulfide) groups is 1. The summed E-state index contributed by atoms with van der Waals surface area (Å²) in [6.45, 7) is 0. The van der Waals surface area contributed by atoms with E-state index in [1.54, 1.807) is 23.9 Å². The zero-order chi connectivity index (χ0) is 13.3. The second-order valence-electron chi connectivity index (χ2n) is 3.51. The fourth-order valence-corrected chi connectivity index (χ4v) is 2.76.